The number of amides is 2. The van der Waals surface area contributed by atoms with Gasteiger partial charge in [0.05, 0.1) is 25.6 Å². The molecular weight excluding hydrogens is 480 g/mol. The first kappa shape index (κ1) is 27.0. The summed E-state index contributed by atoms with van der Waals surface area (Å²) in [5.41, 5.74) is 2.83. The summed E-state index contributed by atoms with van der Waals surface area (Å²) in [5.74, 6) is -0.212. The maximum Gasteiger partial charge on any atom is 0.259 e. The molecule has 2 aromatic heterocycles. The Hall–Kier alpha value is -4.04. The highest BCUT2D eigenvalue weighted by Crippen LogP contribution is 2.28. The number of aliphatic hydroxyl groups excluding tert-OH is 1. The van der Waals surface area contributed by atoms with Crippen molar-refractivity contribution >= 4 is 24.0 Å². The average Bonchev–Trinajstić information content (AvgIpc) is 2.94. The van der Waals surface area contributed by atoms with E-state index in [0.29, 0.717) is 24.3 Å². The Morgan fingerprint density at radius 1 is 1.16 bits per heavy atom. The summed E-state index contributed by atoms with van der Waals surface area (Å²) < 4.78 is 6.32. The Morgan fingerprint density at radius 3 is 2.61 bits per heavy atom. The quantitative estimate of drug-likeness (QED) is 0.494. The van der Waals surface area contributed by atoms with Crippen molar-refractivity contribution in [2.24, 2.45) is 5.92 Å². The minimum atomic E-state index is -0.411. The number of aromatic nitrogens is 2. The van der Waals surface area contributed by atoms with Crippen LogP contribution < -0.4 is 4.74 Å². The van der Waals surface area contributed by atoms with Crippen LogP contribution in [0.2, 0.25) is 0 Å². The van der Waals surface area contributed by atoms with Crippen molar-refractivity contribution in [3.63, 3.8) is 0 Å². The van der Waals surface area contributed by atoms with Gasteiger partial charge in [-0.15, -0.1) is 0 Å². The fraction of sp³-hybridized carbons (Fsp3) is 0.333. The van der Waals surface area contributed by atoms with E-state index in [9.17, 15) is 14.7 Å². The molecule has 0 saturated carbocycles. The van der Waals surface area contributed by atoms with Gasteiger partial charge in [0.1, 0.15) is 11.7 Å². The van der Waals surface area contributed by atoms with Gasteiger partial charge in [0.15, 0.2) is 0 Å². The van der Waals surface area contributed by atoms with Gasteiger partial charge in [0.2, 0.25) is 11.8 Å². The van der Waals surface area contributed by atoms with Gasteiger partial charge in [0.25, 0.3) is 5.91 Å². The molecule has 1 N–H and O–H groups in total. The standard InChI is InChI=1S/C30H34N4O4/c1-21-18-34(22(2)20-35)30(37)26-15-24(13-12-23-9-5-4-6-10-23)17-32-29(26)38-27(21)19-33(3)28(36)16-25-11-7-8-14-31-25/h4-15,17,21-22,27,35H,16,18-20H2,1-3H3/b13-12+/t21-,22-,27+/m1/s1. The van der Waals surface area contributed by atoms with Crippen molar-refractivity contribution in [1.29, 1.82) is 0 Å². The van der Waals surface area contributed by atoms with Crippen LogP contribution in [0.4, 0.5) is 0 Å². The van der Waals surface area contributed by atoms with Crippen molar-refractivity contribution in [1.82, 2.24) is 19.8 Å². The Morgan fingerprint density at radius 2 is 1.89 bits per heavy atom. The molecule has 4 rings (SSSR count). The lowest BCUT2D eigenvalue weighted by molar-refractivity contribution is -0.130. The molecule has 8 heteroatoms. The van der Waals surface area contributed by atoms with Crippen molar-refractivity contribution in [2.75, 3.05) is 26.7 Å². The molecule has 198 valence electrons. The number of hydrogen-bond acceptors (Lipinski definition) is 6. The highest BCUT2D eigenvalue weighted by Gasteiger charge is 2.34. The zero-order valence-electron chi connectivity index (χ0n) is 22.0. The Bertz CT molecular complexity index is 1270. The van der Waals surface area contributed by atoms with E-state index >= 15 is 0 Å². The van der Waals surface area contributed by atoms with Gasteiger partial charge in [-0.05, 0) is 36.2 Å². The van der Waals surface area contributed by atoms with Gasteiger partial charge in [-0.25, -0.2) is 4.98 Å². The summed E-state index contributed by atoms with van der Waals surface area (Å²) in [4.78, 5) is 38.6. The molecule has 38 heavy (non-hydrogen) atoms. The number of benzene rings is 1. The molecular formula is C30H34N4O4. The molecule has 3 aromatic rings. The zero-order valence-corrected chi connectivity index (χ0v) is 22.0. The Kier molecular flexibility index (Phi) is 8.86. The Balaban J connectivity index is 1.59. The minimum absolute atomic E-state index is 0.0761. The smallest absolute Gasteiger partial charge is 0.259 e. The number of ether oxygens (including phenoxy) is 1. The third-order valence-electron chi connectivity index (χ3n) is 6.75. The van der Waals surface area contributed by atoms with Crippen LogP contribution in [0.15, 0.2) is 67.0 Å². The third kappa shape index (κ3) is 6.63. The van der Waals surface area contributed by atoms with Crippen LogP contribution in [0.1, 0.15) is 41.0 Å². The molecule has 3 heterocycles. The molecule has 0 radical (unpaired) electrons. The molecule has 1 aliphatic rings. The molecule has 0 fully saturated rings. The van der Waals surface area contributed by atoms with Crippen molar-refractivity contribution in [2.45, 2.75) is 32.4 Å². The topological polar surface area (TPSA) is 95.9 Å². The lowest BCUT2D eigenvalue weighted by Crippen LogP contribution is -2.50. The number of fused-ring (bicyclic) bond motifs is 1. The maximum atomic E-state index is 13.6. The van der Waals surface area contributed by atoms with Crippen LogP contribution in [0.5, 0.6) is 5.88 Å². The number of hydrogen-bond donors (Lipinski definition) is 1. The van der Waals surface area contributed by atoms with Crippen LogP contribution in [-0.2, 0) is 11.2 Å². The van der Waals surface area contributed by atoms with E-state index < -0.39 is 6.10 Å². The second kappa shape index (κ2) is 12.5. The summed E-state index contributed by atoms with van der Waals surface area (Å²) in [6.45, 7) is 4.32. The van der Waals surface area contributed by atoms with Crippen LogP contribution in [0, 0.1) is 5.92 Å². The molecule has 0 unspecified atom stereocenters. The number of pyridine rings is 2. The average molecular weight is 515 g/mol. The summed E-state index contributed by atoms with van der Waals surface area (Å²) >= 11 is 0. The third-order valence-corrected chi connectivity index (χ3v) is 6.75. The second-order valence-corrected chi connectivity index (χ2v) is 9.76. The molecule has 8 nitrogen and oxygen atoms in total. The summed E-state index contributed by atoms with van der Waals surface area (Å²) in [6.07, 6.45) is 6.98. The van der Waals surface area contributed by atoms with Crippen LogP contribution in [0.3, 0.4) is 0 Å². The first-order valence-electron chi connectivity index (χ1n) is 12.8. The van der Waals surface area contributed by atoms with Crippen LogP contribution in [-0.4, -0.2) is 75.6 Å². The summed E-state index contributed by atoms with van der Waals surface area (Å²) in [5, 5.41) is 9.88. The monoisotopic (exact) mass is 514 g/mol. The second-order valence-electron chi connectivity index (χ2n) is 9.76. The largest absolute Gasteiger partial charge is 0.472 e. The summed E-state index contributed by atoms with van der Waals surface area (Å²) in [6, 6.07) is 16.7. The number of nitrogens with zero attached hydrogens (tertiary/aromatic N) is 4. The normalized spacial score (nSPS) is 18.3. The van der Waals surface area contributed by atoms with E-state index in [1.807, 2.05) is 74.5 Å². The predicted molar refractivity (Wildman–Crippen MR) is 146 cm³/mol. The van der Waals surface area contributed by atoms with E-state index in [1.54, 1.807) is 35.3 Å². The van der Waals surface area contributed by atoms with Crippen molar-refractivity contribution in [3.05, 3.63) is 89.4 Å². The Labute approximate surface area is 223 Å². The van der Waals surface area contributed by atoms with Crippen molar-refractivity contribution in [3.8, 4) is 5.88 Å². The fourth-order valence-corrected chi connectivity index (χ4v) is 4.35. The van der Waals surface area contributed by atoms with Crippen molar-refractivity contribution < 1.29 is 19.4 Å². The van der Waals surface area contributed by atoms with Crippen LogP contribution >= 0.6 is 0 Å². The number of aliphatic hydroxyl groups is 1. The molecule has 1 aromatic carbocycles. The molecule has 3 atom stereocenters. The molecule has 1 aliphatic heterocycles. The highest BCUT2D eigenvalue weighted by molar-refractivity contribution is 5.97. The SMILES string of the molecule is C[C@@H]1CN([C@H](C)CO)C(=O)c2cc(/C=C/c3ccccc3)cnc2O[C@H]1CN(C)C(=O)Cc1ccccn1. The van der Waals surface area contributed by atoms with Gasteiger partial charge < -0.3 is 19.6 Å². The highest BCUT2D eigenvalue weighted by atomic mass is 16.5. The van der Waals surface area contributed by atoms with E-state index in [-0.39, 0.29) is 42.7 Å². The van der Waals surface area contributed by atoms with Gasteiger partial charge in [0, 0.05) is 37.6 Å². The lowest BCUT2D eigenvalue weighted by Gasteiger charge is -2.37. The number of likely N-dealkylation sites (N-methyl/N-ethyl adjacent to an activating group) is 1. The van der Waals surface area contributed by atoms with E-state index in [2.05, 4.69) is 9.97 Å². The molecule has 0 aliphatic carbocycles. The van der Waals surface area contributed by atoms with E-state index in [0.717, 1.165) is 11.1 Å². The van der Waals surface area contributed by atoms with Gasteiger partial charge in [-0.2, -0.15) is 0 Å². The van der Waals surface area contributed by atoms with Crippen LogP contribution in [0.25, 0.3) is 12.2 Å². The molecule has 0 saturated heterocycles. The maximum absolute atomic E-state index is 13.6. The van der Waals surface area contributed by atoms with Gasteiger partial charge in [-0.3, -0.25) is 14.6 Å². The van der Waals surface area contributed by atoms with Gasteiger partial charge >= 0.3 is 0 Å². The molecule has 0 spiro atoms. The summed E-state index contributed by atoms with van der Waals surface area (Å²) in [7, 11) is 1.74. The molecule has 0 bridgehead atoms. The van der Waals surface area contributed by atoms with E-state index in [1.165, 1.54) is 0 Å². The number of carbonyl (C=O) groups excluding carboxylic acids is 2. The van der Waals surface area contributed by atoms with E-state index in [4.69, 9.17) is 4.74 Å². The predicted octanol–water partition coefficient (Wildman–Crippen LogP) is 3.57. The number of carbonyl (C=O) groups is 2. The molecule has 2 amide bonds. The lowest BCUT2D eigenvalue weighted by atomic mass is 9.99. The fourth-order valence-electron chi connectivity index (χ4n) is 4.35. The number of rotatable bonds is 8. The van der Waals surface area contributed by atoms with Gasteiger partial charge in [-0.1, -0.05) is 55.5 Å². The first-order chi connectivity index (χ1) is 18.4. The first-order valence-corrected chi connectivity index (χ1v) is 12.8. The zero-order chi connectivity index (χ0) is 27.1. The minimum Gasteiger partial charge on any atom is -0.472 e.